The first-order valence-corrected chi connectivity index (χ1v) is 13.0. The van der Waals surface area contributed by atoms with Crippen LogP contribution in [-0.4, -0.2) is 43.6 Å². The highest BCUT2D eigenvalue weighted by atomic mass is 28.4. The van der Waals surface area contributed by atoms with Crippen molar-refractivity contribution in [3.63, 3.8) is 0 Å². The van der Waals surface area contributed by atoms with E-state index in [0.29, 0.717) is 0 Å². The zero-order valence-corrected chi connectivity index (χ0v) is 20.9. The quantitative estimate of drug-likeness (QED) is 0.482. The summed E-state index contributed by atoms with van der Waals surface area (Å²) >= 11 is 0. The predicted molar refractivity (Wildman–Crippen MR) is 133 cm³/mol. The molecule has 5 heteroatoms. The lowest BCUT2D eigenvalue weighted by atomic mass is 9.93. The number of rotatable bonds is 8. The summed E-state index contributed by atoms with van der Waals surface area (Å²) in [5, 5.41) is 13.8. The lowest BCUT2D eigenvalue weighted by molar-refractivity contribution is -0.166. The van der Waals surface area contributed by atoms with Crippen LogP contribution in [0.2, 0.25) is 5.04 Å². The molecule has 2 aromatic rings. The molecule has 0 saturated carbocycles. The van der Waals surface area contributed by atoms with Gasteiger partial charge in [0.15, 0.2) is 5.79 Å². The summed E-state index contributed by atoms with van der Waals surface area (Å²) in [6, 6.07) is 20.7. The summed E-state index contributed by atoms with van der Waals surface area (Å²) in [5.41, 5.74) is -1.46. The van der Waals surface area contributed by atoms with E-state index >= 15 is 0 Å². The van der Waals surface area contributed by atoms with Gasteiger partial charge in [0, 0.05) is 0 Å². The highest BCUT2D eigenvalue weighted by molar-refractivity contribution is 6.99. The van der Waals surface area contributed by atoms with Gasteiger partial charge in [-0.3, -0.25) is 0 Å². The lowest BCUT2D eigenvalue weighted by Gasteiger charge is -2.45. The van der Waals surface area contributed by atoms with Gasteiger partial charge in [-0.25, -0.2) is 0 Å². The van der Waals surface area contributed by atoms with E-state index in [-0.39, 0.29) is 11.6 Å². The van der Waals surface area contributed by atoms with Gasteiger partial charge in [-0.05, 0) is 29.3 Å². The molecule has 2 aromatic carbocycles. The van der Waals surface area contributed by atoms with E-state index in [2.05, 4.69) is 58.2 Å². The third kappa shape index (κ3) is 4.54. The van der Waals surface area contributed by atoms with E-state index < -0.39 is 31.9 Å². The second-order valence-electron chi connectivity index (χ2n) is 9.90. The van der Waals surface area contributed by atoms with E-state index in [4.69, 9.17) is 13.9 Å². The van der Waals surface area contributed by atoms with Crippen LogP contribution in [0.25, 0.3) is 0 Å². The van der Waals surface area contributed by atoms with Crippen LogP contribution in [0.1, 0.15) is 34.6 Å². The summed E-state index contributed by atoms with van der Waals surface area (Å²) in [7, 11) is -2.82. The van der Waals surface area contributed by atoms with Crippen molar-refractivity contribution >= 4 is 18.7 Å². The highest BCUT2D eigenvalue weighted by Gasteiger charge is 2.54. The number of aliphatic hydroxyl groups is 1. The molecule has 1 aliphatic heterocycles. The van der Waals surface area contributed by atoms with Crippen molar-refractivity contribution < 1.29 is 19.0 Å². The summed E-state index contributed by atoms with van der Waals surface area (Å²) in [6.45, 7) is 18.1. The zero-order valence-electron chi connectivity index (χ0n) is 19.9. The Bertz CT molecular complexity index is 880. The van der Waals surface area contributed by atoms with Crippen molar-refractivity contribution in [1.82, 2.24) is 0 Å². The average Bonchev–Trinajstić information content (AvgIpc) is 3.10. The van der Waals surface area contributed by atoms with Gasteiger partial charge in [-0.15, -0.1) is 13.2 Å². The van der Waals surface area contributed by atoms with Crippen molar-refractivity contribution in [2.75, 3.05) is 6.61 Å². The fourth-order valence-corrected chi connectivity index (χ4v) is 9.19. The molecule has 32 heavy (non-hydrogen) atoms. The summed E-state index contributed by atoms with van der Waals surface area (Å²) < 4.78 is 19.0. The number of ether oxygens (including phenoxy) is 2. The molecule has 1 unspecified atom stereocenters. The molecule has 0 aromatic heterocycles. The van der Waals surface area contributed by atoms with Crippen molar-refractivity contribution in [2.24, 2.45) is 0 Å². The van der Waals surface area contributed by atoms with Gasteiger partial charge < -0.3 is 19.0 Å². The Hall–Kier alpha value is -2.02. The van der Waals surface area contributed by atoms with Crippen LogP contribution in [0.5, 0.6) is 0 Å². The molecule has 1 fully saturated rings. The molecule has 3 rings (SSSR count). The van der Waals surface area contributed by atoms with E-state index in [1.807, 2.05) is 50.2 Å². The second kappa shape index (κ2) is 9.08. The van der Waals surface area contributed by atoms with Gasteiger partial charge in [0.2, 0.25) is 0 Å². The molecule has 3 atom stereocenters. The molecular weight excluding hydrogens is 416 g/mol. The Kier molecular flexibility index (Phi) is 6.99. The van der Waals surface area contributed by atoms with E-state index in [1.165, 1.54) is 6.08 Å². The fraction of sp³-hybridized carbons (Fsp3) is 0.407. The van der Waals surface area contributed by atoms with Gasteiger partial charge >= 0.3 is 0 Å². The van der Waals surface area contributed by atoms with E-state index in [9.17, 15) is 5.11 Å². The van der Waals surface area contributed by atoms with Gasteiger partial charge in [0.25, 0.3) is 8.32 Å². The van der Waals surface area contributed by atoms with Crippen LogP contribution in [0.15, 0.2) is 86.0 Å². The second-order valence-corrected chi connectivity index (χ2v) is 14.2. The third-order valence-electron chi connectivity index (χ3n) is 6.14. The topological polar surface area (TPSA) is 47.9 Å². The van der Waals surface area contributed by atoms with Gasteiger partial charge in [-0.2, -0.15) is 0 Å². The Morgan fingerprint density at radius 1 is 0.969 bits per heavy atom. The Labute approximate surface area is 193 Å². The number of hydrogen-bond acceptors (Lipinski definition) is 4. The Morgan fingerprint density at radius 2 is 1.47 bits per heavy atom. The number of benzene rings is 2. The van der Waals surface area contributed by atoms with Gasteiger partial charge in [0.1, 0.15) is 17.8 Å². The molecule has 1 N–H and O–H groups in total. The third-order valence-corrected chi connectivity index (χ3v) is 11.1. The van der Waals surface area contributed by atoms with Crippen LogP contribution < -0.4 is 10.4 Å². The maximum atomic E-state index is 11.7. The normalized spacial score (nSPS) is 22.8. The van der Waals surface area contributed by atoms with Crippen LogP contribution in [0.3, 0.4) is 0 Å². The Balaban J connectivity index is 2.07. The van der Waals surface area contributed by atoms with Crippen molar-refractivity contribution in [3.8, 4) is 0 Å². The first-order chi connectivity index (χ1) is 15.0. The summed E-state index contributed by atoms with van der Waals surface area (Å²) in [4.78, 5) is 0. The molecule has 4 nitrogen and oxygen atoms in total. The fourth-order valence-electron chi connectivity index (χ4n) is 4.59. The van der Waals surface area contributed by atoms with Crippen LogP contribution in [0.4, 0.5) is 0 Å². The zero-order chi connectivity index (χ0) is 23.6. The van der Waals surface area contributed by atoms with Crippen molar-refractivity contribution in [2.45, 2.75) is 63.3 Å². The van der Waals surface area contributed by atoms with Crippen LogP contribution in [0, 0.1) is 0 Å². The Morgan fingerprint density at radius 3 is 1.88 bits per heavy atom. The van der Waals surface area contributed by atoms with Crippen molar-refractivity contribution in [1.29, 1.82) is 0 Å². The number of hydrogen-bond donors (Lipinski definition) is 1. The minimum atomic E-state index is -2.82. The standard InChI is InChI=1S/C27H36O4Si/c1-8-23-24(31-26(6,7)30-23)27(28,9-2)20-29-32(25(3,4)5,21-16-12-10-13-17-21)22-18-14-11-15-19-22/h8-19,23-24,28H,1-2,20H2,3-7H3/t23-,24-,27?/m0/s1. The summed E-state index contributed by atoms with van der Waals surface area (Å²) in [6.07, 6.45) is 2.02. The lowest BCUT2D eigenvalue weighted by Crippen LogP contribution is -2.68. The molecule has 1 saturated heterocycles. The molecule has 0 spiro atoms. The average molecular weight is 453 g/mol. The maximum Gasteiger partial charge on any atom is 0.261 e. The molecule has 0 amide bonds. The van der Waals surface area contributed by atoms with E-state index in [0.717, 1.165) is 10.4 Å². The minimum absolute atomic E-state index is 0.0260. The first-order valence-electron chi connectivity index (χ1n) is 11.1. The van der Waals surface area contributed by atoms with E-state index in [1.54, 1.807) is 6.08 Å². The van der Waals surface area contributed by atoms with Gasteiger partial charge in [-0.1, -0.05) is 93.6 Å². The molecule has 0 bridgehead atoms. The SMILES string of the molecule is C=C[C@@H]1OC(C)(C)O[C@@H]1C(O)(C=C)CO[Si](c1ccccc1)(c1ccccc1)C(C)(C)C. The molecule has 0 aliphatic carbocycles. The van der Waals surface area contributed by atoms with Crippen LogP contribution in [-0.2, 0) is 13.9 Å². The van der Waals surface area contributed by atoms with Gasteiger partial charge in [0.05, 0.1) is 6.61 Å². The monoisotopic (exact) mass is 452 g/mol. The van der Waals surface area contributed by atoms with Crippen LogP contribution >= 0.6 is 0 Å². The minimum Gasteiger partial charge on any atom is -0.404 e. The molecule has 1 heterocycles. The maximum absolute atomic E-state index is 11.7. The molecule has 1 aliphatic rings. The molecule has 0 radical (unpaired) electrons. The summed E-state index contributed by atoms with van der Waals surface area (Å²) in [5.74, 6) is -0.835. The highest BCUT2D eigenvalue weighted by Crippen LogP contribution is 2.40. The molecular formula is C27H36O4Si. The first kappa shape index (κ1) is 24.6. The predicted octanol–water partition coefficient (Wildman–Crippen LogP) is 4.19. The van der Waals surface area contributed by atoms with Crippen molar-refractivity contribution in [3.05, 3.63) is 86.0 Å². The molecule has 172 valence electrons. The largest absolute Gasteiger partial charge is 0.404 e. The smallest absolute Gasteiger partial charge is 0.261 e.